The number of benzene rings is 2. The van der Waals surface area contributed by atoms with Crippen molar-refractivity contribution < 1.29 is 9.47 Å². The van der Waals surface area contributed by atoms with E-state index in [2.05, 4.69) is 6.07 Å². The first kappa shape index (κ1) is 6.78. The molecule has 0 spiro atoms. The Hall–Kier alpha value is -1.70. The first-order valence-corrected chi connectivity index (χ1v) is 4.13. The summed E-state index contributed by atoms with van der Waals surface area (Å²) < 4.78 is 10.5. The Labute approximate surface area is 75.7 Å². The maximum atomic E-state index is 5.27. The summed E-state index contributed by atoms with van der Waals surface area (Å²) in [5, 5.41) is 2.29. The fourth-order valence-corrected chi connectivity index (χ4v) is 1.52. The lowest BCUT2D eigenvalue weighted by Crippen LogP contribution is -1.92. The van der Waals surface area contributed by atoms with E-state index in [1.807, 2.05) is 30.3 Å². The van der Waals surface area contributed by atoms with E-state index in [4.69, 9.17) is 9.47 Å². The lowest BCUT2D eigenvalue weighted by molar-refractivity contribution is 0.174. The summed E-state index contributed by atoms with van der Waals surface area (Å²) in [6.45, 7) is 0.329. The van der Waals surface area contributed by atoms with Crippen LogP contribution in [0, 0.1) is 6.07 Å². The van der Waals surface area contributed by atoms with Crippen molar-refractivity contribution in [1.29, 1.82) is 0 Å². The maximum Gasteiger partial charge on any atom is 0.231 e. The molecule has 1 heterocycles. The van der Waals surface area contributed by atoms with Crippen molar-refractivity contribution in [3.8, 4) is 11.5 Å². The maximum absolute atomic E-state index is 5.27. The van der Waals surface area contributed by atoms with Gasteiger partial charge in [-0.25, -0.2) is 0 Å². The molecule has 2 aromatic carbocycles. The molecule has 0 atom stereocenters. The van der Waals surface area contributed by atoms with E-state index in [0.717, 1.165) is 22.3 Å². The molecule has 0 fully saturated rings. The molecule has 1 radical (unpaired) electrons. The van der Waals surface area contributed by atoms with Gasteiger partial charge in [-0.2, -0.15) is 0 Å². The van der Waals surface area contributed by atoms with Crippen molar-refractivity contribution in [2.45, 2.75) is 0 Å². The van der Waals surface area contributed by atoms with Crippen LogP contribution >= 0.6 is 0 Å². The van der Waals surface area contributed by atoms with Gasteiger partial charge in [0.25, 0.3) is 0 Å². The second kappa shape index (κ2) is 2.39. The van der Waals surface area contributed by atoms with Crippen LogP contribution in [0.4, 0.5) is 0 Å². The minimum Gasteiger partial charge on any atom is -0.454 e. The van der Waals surface area contributed by atoms with E-state index in [1.165, 1.54) is 0 Å². The van der Waals surface area contributed by atoms with Gasteiger partial charge in [0.2, 0.25) is 6.79 Å². The van der Waals surface area contributed by atoms with Crippen molar-refractivity contribution in [2.75, 3.05) is 6.79 Å². The summed E-state index contributed by atoms with van der Waals surface area (Å²) in [6, 6.07) is 12.8. The van der Waals surface area contributed by atoms with Gasteiger partial charge in [0.05, 0.1) is 0 Å². The molecule has 0 aromatic heterocycles. The predicted molar refractivity (Wildman–Crippen MR) is 48.9 cm³/mol. The first-order valence-electron chi connectivity index (χ1n) is 4.13. The van der Waals surface area contributed by atoms with Gasteiger partial charge in [0.15, 0.2) is 11.5 Å². The number of rotatable bonds is 0. The molecular weight excluding hydrogens is 164 g/mol. The number of fused-ring (bicyclic) bond motifs is 2. The van der Waals surface area contributed by atoms with Crippen LogP contribution in [0.15, 0.2) is 30.3 Å². The van der Waals surface area contributed by atoms with Crippen LogP contribution in [0.25, 0.3) is 10.8 Å². The third kappa shape index (κ3) is 0.952. The summed E-state index contributed by atoms with van der Waals surface area (Å²) in [5.74, 6) is 1.66. The van der Waals surface area contributed by atoms with Crippen molar-refractivity contribution in [3.05, 3.63) is 36.4 Å². The van der Waals surface area contributed by atoms with Gasteiger partial charge in [-0.1, -0.05) is 12.1 Å². The molecule has 1 aliphatic heterocycles. The van der Waals surface area contributed by atoms with Crippen molar-refractivity contribution >= 4 is 10.8 Å². The molecule has 13 heavy (non-hydrogen) atoms. The van der Waals surface area contributed by atoms with E-state index in [9.17, 15) is 0 Å². The molecule has 0 amide bonds. The molecule has 3 rings (SSSR count). The SMILES string of the molecule is [c]1ccc2cc3c(cc2c1)OCO3. The summed E-state index contributed by atoms with van der Waals surface area (Å²) in [4.78, 5) is 0. The highest BCUT2D eigenvalue weighted by atomic mass is 16.7. The molecule has 1 aliphatic rings. The summed E-state index contributed by atoms with van der Waals surface area (Å²) in [7, 11) is 0. The molecule has 0 saturated heterocycles. The van der Waals surface area contributed by atoms with Gasteiger partial charge in [-0.15, -0.1) is 0 Å². The first-order chi connectivity index (χ1) is 6.43. The van der Waals surface area contributed by atoms with Crippen molar-refractivity contribution in [2.24, 2.45) is 0 Å². The van der Waals surface area contributed by atoms with E-state index >= 15 is 0 Å². The zero-order valence-corrected chi connectivity index (χ0v) is 6.91. The Morgan fingerprint density at radius 3 is 2.69 bits per heavy atom. The Morgan fingerprint density at radius 2 is 1.85 bits per heavy atom. The van der Waals surface area contributed by atoms with Crippen LogP contribution in [0.2, 0.25) is 0 Å². The molecule has 0 aliphatic carbocycles. The van der Waals surface area contributed by atoms with Crippen LogP contribution in [-0.2, 0) is 0 Å². The minimum absolute atomic E-state index is 0.329. The van der Waals surface area contributed by atoms with Gasteiger partial charge in [-0.3, -0.25) is 0 Å². The third-order valence-corrected chi connectivity index (χ3v) is 2.18. The average Bonchev–Trinajstić information content (AvgIpc) is 2.61. The van der Waals surface area contributed by atoms with Crippen molar-refractivity contribution in [3.63, 3.8) is 0 Å². The molecule has 2 heteroatoms. The smallest absolute Gasteiger partial charge is 0.231 e. The number of ether oxygens (including phenoxy) is 2. The quantitative estimate of drug-likeness (QED) is 0.605. The topological polar surface area (TPSA) is 18.5 Å². The standard InChI is InChI=1S/C11H7O2/c1-2-4-9-6-11-10(12-7-13-11)5-8(9)3-1/h1,3-6H,7H2. The zero-order chi connectivity index (χ0) is 8.67. The van der Waals surface area contributed by atoms with Crippen LogP contribution in [-0.4, -0.2) is 6.79 Å². The Morgan fingerprint density at radius 1 is 1.08 bits per heavy atom. The van der Waals surface area contributed by atoms with Gasteiger partial charge >= 0.3 is 0 Å². The monoisotopic (exact) mass is 171 g/mol. The van der Waals surface area contributed by atoms with Gasteiger partial charge in [0, 0.05) is 0 Å². The minimum atomic E-state index is 0.329. The molecule has 0 bridgehead atoms. The van der Waals surface area contributed by atoms with E-state index in [-0.39, 0.29) is 0 Å². The number of hydrogen-bond acceptors (Lipinski definition) is 2. The van der Waals surface area contributed by atoms with E-state index in [1.54, 1.807) is 0 Å². The molecule has 63 valence electrons. The Balaban J connectivity index is 2.36. The lowest BCUT2D eigenvalue weighted by atomic mass is 10.1. The highest BCUT2D eigenvalue weighted by Gasteiger charge is 2.13. The molecule has 0 N–H and O–H groups in total. The third-order valence-electron chi connectivity index (χ3n) is 2.18. The van der Waals surface area contributed by atoms with Crippen LogP contribution in [0.1, 0.15) is 0 Å². The van der Waals surface area contributed by atoms with Crippen LogP contribution in [0.5, 0.6) is 11.5 Å². The Bertz CT molecular complexity index is 420. The second-order valence-electron chi connectivity index (χ2n) is 2.98. The zero-order valence-electron chi connectivity index (χ0n) is 6.91. The van der Waals surface area contributed by atoms with E-state index in [0.29, 0.717) is 6.79 Å². The normalized spacial score (nSPS) is 13.5. The van der Waals surface area contributed by atoms with E-state index < -0.39 is 0 Å². The van der Waals surface area contributed by atoms with Gasteiger partial charge in [0.1, 0.15) is 0 Å². The largest absolute Gasteiger partial charge is 0.454 e. The fourth-order valence-electron chi connectivity index (χ4n) is 1.52. The second-order valence-corrected chi connectivity index (χ2v) is 2.98. The van der Waals surface area contributed by atoms with Crippen molar-refractivity contribution in [1.82, 2.24) is 0 Å². The average molecular weight is 171 g/mol. The summed E-state index contributed by atoms with van der Waals surface area (Å²) in [6.07, 6.45) is 0. The summed E-state index contributed by atoms with van der Waals surface area (Å²) >= 11 is 0. The highest BCUT2D eigenvalue weighted by Crippen LogP contribution is 2.35. The van der Waals surface area contributed by atoms with Crippen LogP contribution in [0.3, 0.4) is 0 Å². The summed E-state index contributed by atoms with van der Waals surface area (Å²) in [5.41, 5.74) is 0. The predicted octanol–water partition coefficient (Wildman–Crippen LogP) is 2.37. The molecule has 0 saturated carbocycles. The Kier molecular flexibility index (Phi) is 1.25. The van der Waals surface area contributed by atoms with Crippen LogP contribution < -0.4 is 9.47 Å². The highest BCUT2D eigenvalue weighted by molar-refractivity contribution is 5.86. The lowest BCUT2D eigenvalue weighted by Gasteiger charge is -1.99. The molecule has 0 unspecified atom stereocenters. The number of hydrogen-bond donors (Lipinski definition) is 0. The molecular formula is C11H7O2. The fraction of sp³-hybridized carbons (Fsp3) is 0.0909. The van der Waals surface area contributed by atoms with Gasteiger partial charge < -0.3 is 9.47 Å². The molecule has 2 aromatic rings. The van der Waals surface area contributed by atoms with Gasteiger partial charge in [-0.05, 0) is 35.0 Å². The molecule has 2 nitrogen and oxygen atoms in total.